The van der Waals surface area contributed by atoms with Gasteiger partial charge in [0.15, 0.2) is 5.43 Å². The van der Waals surface area contributed by atoms with Crippen molar-refractivity contribution in [2.24, 2.45) is 0 Å². The molecule has 0 amide bonds. The van der Waals surface area contributed by atoms with Gasteiger partial charge in [-0.2, -0.15) is 0 Å². The van der Waals surface area contributed by atoms with Gasteiger partial charge in [-0.1, -0.05) is 12.1 Å². The zero-order valence-corrected chi connectivity index (χ0v) is 18.1. The smallest absolute Gasteiger partial charge is 0.337 e. The summed E-state index contributed by atoms with van der Waals surface area (Å²) in [5.41, 5.74) is 0.585. The van der Waals surface area contributed by atoms with E-state index in [1.54, 1.807) is 30.0 Å². The molecule has 0 bridgehead atoms. The molecule has 6 nitrogen and oxygen atoms in total. The molecule has 2 aromatic carbocycles. The Kier molecular flexibility index (Phi) is 5.82. The fourth-order valence-electron chi connectivity index (χ4n) is 4.14. The van der Waals surface area contributed by atoms with Crippen molar-refractivity contribution in [1.29, 1.82) is 0 Å². The van der Waals surface area contributed by atoms with Gasteiger partial charge in [0.2, 0.25) is 5.88 Å². The average Bonchev–Trinajstić information content (AvgIpc) is 2.76. The highest BCUT2D eigenvalue weighted by molar-refractivity contribution is 5.94. The van der Waals surface area contributed by atoms with Crippen LogP contribution in [0.3, 0.4) is 0 Å². The molecule has 1 aromatic heterocycles. The second-order valence-corrected chi connectivity index (χ2v) is 8.29. The largest absolute Gasteiger partial charge is 0.478 e. The number of hydrogen-bond donors (Lipinski definition) is 2. The number of carboxylic acid groups (broad SMARTS) is 1. The Bertz CT molecular complexity index is 1280. The third-order valence-corrected chi connectivity index (χ3v) is 5.97. The van der Waals surface area contributed by atoms with Crippen LogP contribution in [0.1, 0.15) is 47.3 Å². The molecule has 2 heterocycles. The lowest BCUT2D eigenvalue weighted by molar-refractivity contribution is -0.0225. The van der Waals surface area contributed by atoms with E-state index in [4.69, 9.17) is 4.42 Å². The molecule has 1 aliphatic rings. The van der Waals surface area contributed by atoms with Crippen molar-refractivity contribution in [3.05, 3.63) is 69.1 Å². The lowest BCUT2D eigenvalue weighted by Crippen LogP contribution is -2.40. The van der Waals surface area contributed by atoms with Crippen molar-refractivity contribution in [2.75, 3.05) is 23.3 Å². The van der Waals surface area contributed by atoms with Crippen molar-refractivity contribution >= 4 is 28.5 Å². The molecule has 1 atom stereocenters. The number of nitrogens with one attached hydrogen (secondary N) is 1. The predicted octanol–water partition coefficient (Wildman–Crippen LogP) is 5.35. The highest BCUT2D eigenvalue weighted by Gasteiger charge is 2.35. The monoisotopic (exact) mass is 460 g/mol. The Balaban J connectivity index is 1.80. The van der Waals surface area contributed by atoms with Gasteiger partial charge in [-0.05, 0) is 38.1 Å². The quantitative estimate of drug-likeness (QED) is 0.534. The summed E-state index contributed by atoms with van der Waals surface area (Å²) in [5.74, 6) is -4.34. The molecule has 0 unspecified atom stereocenters. The van der Waals surface area contributed by atoms with Crippen molar-refractivity contribution in [2.45, 2.75) is 38.7 Å². The molecule has 0 saturated carbocycles. The van der Waals surface area contributed by atoms with Crippen LogP contribution >= 0.6 is 0 Å². The summed E-state index contributed by atoms with van der Waals surface area (Å²) in [4.78, 5) is 26.2. The van der Waals surface area contributed by atoms with Crippen LogP contribution in [0.15, 0.2) is 45.6 Å². The van der Waals surface area contributed by atoms with Gasteiger partial charge >= 0.3 is 5.97 Å². The minimum Gasteiger partial charge on any atom is -0.478 e. The molecule has 4 rings (SSSR count). The Morgan fingerprint density at radius 1 is 1.21 bits per heavy atom. The van der Waals surface area contributed by atoms with Gasteiger partial charge in [-0.15, -0.1) is 0 Å². The van der Waals surface area contributed by atoms with E-state index in [2.05, 4.69) is 5.32 Å². The number of rotatable bonds is 5. The molecule has 1 saturated heterocycles. The molecule has 0 radical (unpaired) electrons. The van der Waals surface area contributed by atoms with Crippen LogP contribution in [0.25, 0.3) is 11.0 Å². The maximum Gasteiger partial charge on any atom is 0.337 e. The van der Waals surface area contributed by atoms with Crippen LogP contribution in [-0.4, -0.2) is 30.1 Å². The van der Waals surface area contributed by atoms with Crippen molar-refractivity contribution in [1.82, 2.24) is 0 Å². The van der Waals surface area contributed by atoms with E-state index in [0.717, 1.165) is 6.07 Å². The summed E-state index contributed by atoms with van der Waals surface area (Å²) < 4.78 is 47.8. The van der Waals surface area contributed by atoms with Gasteiger partial charge in [-0.3, -0.25) is 4.79 Å². The summed E-state index contributed by atoms with van der Waals surface area (Å²) >= 11 is 0. The third kappa shape index (κ3) is 4.40. The molecule has 1 aliphatic heterocycles. The van der Waals surface area contributed by atoms with Gasteiger partial charge in [0, 0.05) is 37.2 Å². The number of alkyl halides is 2. The first-order valence-electron chi connectivity index (χ1n) is 10.6. The standard InChI is InChI=1S/C24H23F3N2O4/c1-13-20(30)18-12-15(25)11-17(14(2)28-19-6-4-3-5-16(19)23(31)32)21(18)33-22(13)29-9-7-24(26,27)8-10-29/h3-6,11-12,14,28H,7-10H2,1-2H3,(H,31,32)/t14-/m1/s1. The SMILES string of the molecule is Cc1c(N2CCC(F)(F)CC2)oc2c([C@@H](C)Nc3ccccc3C(=O)O)cc(F)cc2c1=O. The number of para-hydroxylation sites is 1. The Morgan fingerprint density at radius 2 is 1.88 bits per heavy atom. The number of nitrogens with zero attached hydrogens (tertiary/aromatic N) is 1. The molecule has 0 spiro atoms. The van der Waals surface area contributed by atoms with Crippen molar-refractivity contribution in [3.63, 3.8) is 0 Å². The number of halogens is 3. The molecular weight excluding hydrogens is 437 g/mol. The molecule has 33 heavy (non-hydrogen) atoms. The first kappa shape index (κ1) is 22.7. The summed E-state index contributed by atoms with van der Waals surface area (Å²) in [6.45, 7) is 3.27. The normalized spacial score (nSPS) is 16.6. The average molecular weight is 460 g/mol. The van der Waals surface area contributed by atoms with Gasteiger partial charge in [-0.25, -0.2) is 18.0 Å². The molecule has 0 aliphatic carbocycles. The molecule has 1 fully saturated rings. The fraction of sp³-hybridized carbons (Fsp3) is 0.333. The third-order valence-electron chi connectivity index (χ3n) is 5.97. The second-order valence-electron chi connectivity index (χ2n) is 8.29. The van der Waals surface area contributed by atoms with E-state index in [1.807, 2.05) is 0 Å². The number of aromatic carboxylic acids is 1. The molecule has 2 N–H and O–H groups in total. The van der Waals surface area contributed by atoms with Crippen LogP contribution in [0.4, 0.5) is 24.7 Å². The molecule has 3 aromatic rings. The zero-order chi connectivity index (χ0) is 23.9. The lowest BCUT2D eigenvalue weighted by Gasteiger charge is -2.33. The number of fused-ring (bicyclic) bond motifs is 1. The molecule has 9 heteroatoms. The van der Waals surface area contributed by atoms with E-state index in [-0.39, 0.29) is 53.9 Å². The van der Waals surface area contributed by atoms with E-state index < -0.39 is 29.2 Å². The maximum atomic E-state index is 14.5. The number of carboxylic acids is 1. The van der Waals surface area contributed by atoms with Crippen LogP contribution in [0.5, 0.6) is 0 Å². The van der Waals surface area contributed by atoms with Crippen LogP contribution in [0, 0.1) is 12.7 Å². The second kappa shape index (κ2) is 8.46. The minimum absolute atomic E-state index is 0.0264. The van der Waals surface area contributed by atoms with Gasteiger partial charge in [0.25, 0.3) is 5.92 Å². The number of carbonyl (C=O) groups is 1. The van der Waals surface area contributed by atoms with E-state index >= 15 is 0 Å². The summed E-state index contributed by atoms with van der Waals surface area (Å²) in [5, 5.41) is 12.5. The van der Waals surface area contributed by atoms with Crippen LogP contribution in [-0.2, 0) is 0 Å². The van der Waals surface area contributed by atoms with Crippen molar-refractivity contribution < 1.29 is 27.5 Å². The molecule has 174 valence electrons. The lowest BCUT2D eigenvalue weighted by atomic mass is 10.0. The summed E-state index contributed by atoms with van der Waals surface area (Å²) in [7, 11) is 0. The van der Waals surface area contributed by atoms with Crippen molar-refractivity contribution in [3.8, 4) is 0 Å². The number of hydrogen-bond acceptors (Lipinski definition) is 5. The minimum atomic E-state index is -2.76. The molecular formula is C24H23F3N2O4. The zero-order valence-electron chi connectivity index (χ0n) is 18.1. The van der Waals surface area contributed by atoms with Crippen LogP contribution in [0.2, 0.25) is 0 Å². The number of benzene rings is 2. The summed E-state index contributed by atoms with van der Waals surface area (Å²) in [6, 6.07) is 7.95. The van der Waals surface area contributed by atoms with E-state index in [0.29, 0.717) is 11.3 Å². The highest BCUT2D eigenvalue weighted by atomic mass is 19.3. The van der Waals surface area contributed by atoms with Gasteiger partial charge in [0.1, 0.15) is 11.4 Å². The van der Waals surface area contributed by atoms with Gasteiger partial charge in [0.05, 0.1) is 22.6 Å². The summed E-state index contributed by atoms with van der Waals surface area (Å²) in [6.07, 6.45) is -0.706. The van der Waals surface area contributed by atoms with Gasteiger partial charge < -0.3 is 19.7 Å². The van der Waals surface area contributed by atoms with Crippen LogP contribution < -0.4 is 15.6 Å². The van der Waals surface area contributed by atoms with E-state index in [9.17, 15) is 27.9 Å². The Labute approximate surface area is 187 Å². The van der Waals surface area contributed by atoms with E-state index in [1.165, 1.54) is 19.1 Å². The number of piperidine rings is 1. The first-order chi connectivity index (χ1) is 15.6. The number of anilines is 2. The highest BCUT2D eigenvalue weighted by Crippen LogP contribution is 2.35. The predicted molar refractivity (Wildman–Crippen MR) is 119 cm³/mol. The maximum absolute atomic E-state index is 14.5. The first-order valence-corrected chi connectivity index (χ1v) is 10.6. The topological polar surface area (TPSA) is 82.8 Å². The Hall–Kier alpha value is -3.49. The fourth-order valence-corrected chi connectivity index (χ4v) is 4.14. The Morgan fingerprint density at radius 3 is 2.55 bits per heavy atom.